The summed E-state index contributed by atoms with van der Waals surface area (Å²) < 4.78 is 29.9. The number of hydrogen-bond acceptors (Lipinski definition) is 6. The van der Waals surface area contributed by atoms with Crippen molar-refractivity contribution in [3.8, 4) is 0 Å². The van der Waals surface area contributed by atoms with Gasteiger partial charge in [-0.3, -0.25) is 14.5 Å². The average molecular weight is 493 g/mol. The number of cyclic esters (lactones) is 1. The molecule has 0 aliphatic carbocycles. The van der Waals surface area contributed by atoms with Crippen LogP contribution in [-0.2, 0) is 20.8 Å². The number of nitrogens with zero attached hydrogens (tertiary/aromatic N) is 2. The molecule has 3 amide bonds. The van der Waals surface area contributed by atoms with Gasteiger partial charge in [-0.05, 0) is 47.5 Å². The van der Waals surface area contributed by atoms with E-state index in [2.05, 4.69) is 5.32 Å². The normalized spacial score (nSPS) is 19.8. The van der Waals surface area contributed by atoms with Gasteiger partial charge in [-0.15, -0.1) is 0 Å². The van der Waals surface area contributed by atoms with Gasteiger partial charge in [0.25, 0.3) is 5.91 Å². The number of benzene rings is 2. The monoisotopic (exact) mass is 493 g/mol. The van der Waals surface area contributed by atoms with Crippen molar-refractivity contribution >= 4 is 23.6 Å². The molecule has 36 heavy (non-hydrogen) atoms. The molecule has 2 fully saturated rings. The molecule has 186 valence electrons. The van der Waals surface area contributed by atoms with Crippen molar-refractivity contribution in [2.24, 2.45) is 0 Å². The SMILES string of the molecule is O=C(Nc1ccc([C@@H]2OC(=O)N(Cc3cccc(F)c3)[C@H]2C(=O)N2CCOCC2)cc1)c1ccco1. The molecular formula is C26H24FN3O6. The molecule has 2 aromatic carbocycles. The van der Waals surface area contributed by atoms with Crippen LogP contribution < -0.4 is 5.32 Å². The van der Waals surface area contributed by atoms with Crippen molar-refractivity contribution in [1.29, 1.82) is 0 Å². The van der Waals surface area contributed by atoms with Gasteiger partial charge in [0, 0.05) is 18.8 Å². The van der Waals surface area contributed by atoms with Crippen LogP contribution in [0.1, 0.15) is 27.8 Å². The van der Waals surface area contributed by atoms with E-state index in [-0.39, 0.29) is 18.2 Å². The number of furan rings is 1. The van der Waals surface area contributed by atoms with E-state index in [4.69, 9.17) is 13.9 Å². The Balaban J connectivity index is 1.40. The van der Waals surface area contributed by atoms with Crippen molar-refractivity contribution in [1.82, 2.24) is 9.80 Å². The van der Waals surface area contributed by atoms with Crippen LogP contribution >= 0.6 is 0 Å². The fourth-order valence-corrected chi connectivity index (χ4v) is 4.35. The molecule has 3 aromatic rings. The summed E-state index contributed by atoms with van der Waals surface area (Å²) >= 11 is 0. The quantitative estimate of drug-likeness (QED) is 0.563. The number of morpholine rings is 1. The maximum absolute atomic E-state index is 13.8. The van der Waals surface area contributed by atoms with Gasteiger partial charge >= 0.3 is 6.09 Å². The Labute approximate surface area is 206 Å². The number of halogens is 1. The molecule has 5 rings (SSSR count). The predicted molar refractivity (Wildman–Crippen MR) is 125 cm³/mol. The molecule has 2 saturated heterocycles. The Kier molecular flexibility index (Phi) is 6.68. The molecule has 2 aliphatic heterocycles. The topological polar surface area (TPSA) is 101 Å². The van der Waals surface area contributed by atoms with Gasteiger partial charge in [0.05, 0.1) is 26.0 Å². The summed E-state index contributed by atoms with van der Waals surface area (Å²) in [7, 11) is 0. The van der Waals surface area contributed by atoms with E-state index in [0.29, 0.717) is 43.1 Å². The lowest BCUT2D eigenvalue weighted by molar-refractivity contribution is -0.141. The molecule has 10 heteroatoms. The van der Waals surface area contributed by atoms with Crippen molar-refractivity contribution in [2.75, 3.05) is 31.6 Å². The smallest absolute Gasteiger partial charge is 0.411 e. The zero-order valence-corrected chi connectivity index (χ0v) is 19.3. The Morgan fingerprint density at radius 3 is 2.50 bits per heavy atom. The number of carbonyl (C=O) groups is 3. The molecule has 2 atom stereocenters. The highest BCUT2D eigenvalue weighted by Crippen LogP contribution is 2.35. The summed E-state index contributed by atoms with van der Waals surface area (Å²) in [5.74, 6) is -0.921. The average Bonchev–Trinajstić information content (AvgIpc) is 3.54. The number of rotatable bonds is 6. The van der Waals surface area contributed by atoms with Gasteiger partial charge in [0.1, 0.15) is 5.82 Å². The lowest BCUT2D eigenvalue weighted by atomic mass is 9.99. The first kappa shape index (κ1) is 23.6. The molecule has 0 unspecified atom stereocenters. The first-order valence-corrected chi connectivity index (χ1v) is 11.5. The van der Waals surface area contributed by atoms with Crippen LogP contribution in [0.4, 0.5) is 14.9 Å². The summed E-state index contributed by atoms with van der Waals surface area (Å²) in [6.07, 6.45) is -0.129. The van der Waals surface area contributed by atoms with Crippen LogP contribution in [0.3, 0.4) is 0 Å². The molecule has 0 bridgehead atoms. The Bertz CT molecular complexity index is 1240. The van der Waals surface area contributed by atoms with Crippen molar-refractivity contribution in [3.05, 3.63) is 89.6 Å². The van der Waals surface area contributed by atoms with Crippen molar-refractivity contribution in [3.63, 3.8) is 0 Å². The Hall–Kier alpha value is -4.18. The van der Waals surface area contributed by atoms with Crippen LogP contribution in [0.15, 0.2) is 71.3 Å². The zero-order chi connectivity index (χ0) is 25.1. The van der Waals surface area contributed by atoms with Gasteiger partial charge in [-0.25, -0.2) is 9.18 Å². The number of ether oxygens (including phenoxy) is 2. The third kappa shape index (κ3) is 4.94. The molecule has 1 aromatic heterocycles. The van der Waals surface area contributed by atoms with Crippen LogP contribution in [0.5, 0.6) is 0 Å². The van der Waals surface area contributed by atoms with E-state index in [0.717, 1.165) is 0 Å². The largest absolute Gasteiger partial charge is 0.459 e. The third-order valence-electron chi connectivity index (χ3n) is 6.14. The second kappa shape index (κ2) is 10.2. The van der Waals surface area contributed by atoms with E-state index in [9.17, 15) is 18.8 Å². The highest BCUT2D eigenvalue weighted by atomic mass is 19.1. The molecule has 0 radical (unpaired) electrons. The fraction of sp³-hybridized carbons (Fsp3) is 0.269. The minimum absolute atomic E-state index is 0.0190. The highest BCUT2D eigenvalue weighted by molar-refractivity contribution is 6.02. The third-order valence-corrected chi connectivity index (χ3v) is 6.14. The fourth-order valence-electron chi connectivity index (χ4n) is 4.35. The first-order valence-electron chi connectivity index (χ1n) is 11.5. The van der Waals surface area contributed by atoms with Gasteiger partial charge in [-0.1, -0.05) is 24.3 Å². The second-order valence-electron chi connectivity index (χ2n) is 8.50. The second-order valence-corrected chi connectivity index (χ2v) is 8.50. The van der Waals surface area contributed by atoms with Crippen molar-refractivity contribution in [2.45, 2.75) is 18.7 Å². The maximum atomic E-state index is 13.8. The first-order chi connectivity index (χ1) is 17.5. The standard InChI is InChI=1S/C26H24FN3O6/c27-19-4-1-3-17(15-19)16-30-22(25(32)29-10-13-34-14-11-29)23(36-26(30)33)18-6-8-20(9-7-18)28-24(31)21-5-2-12-35-21/h1-9,12,15,22-23H,10-11,13-14,16H2,(H,28,31)/t22-,23+/m1/s1. The number of hydrogen-bond donors (Lipinski definition) is 1. The van der Waals surface area contributed by atoms with E-state index >= 15 is 0 Å². The predicted octanol–water partition coefficient (Wildman–Crippen LogP) is 3.59. The van der Waals surface area contributed by atoms with Gasteiger partial charge in [-0.2, -0.15) is 0 Å². The van der Waals surface area contributed by atoms with E-state index in [1.807, 2.05) is 0 Å². The Morgan fingerprint density at radius 2 is 1.81 bits per heavy atom. The van der Waals surface area contributed by atoms with E-state index in [1.54, 1.807) is 53.4 Å². The summed E-state index contributed by atoms with van der Waals surface area (Å²) in [6.45, 7) is 1.65. The number of anilines is 1. The molecule has 2 aliphatic rings. The maximum Gasteiger partial charge on any atom is 0.411 e. The molecule has 9 nitrogen and oxygen atoms in total. The summed E-state index contributed by atoms with van der Waals surface area (Å²) in [5.41, 5.74) is 1.65. The van der Waals surface area contributed by atoms with Crippen LogP contribution in [0.25, 0.3) is 0 Å². The van der Waals surface area contributed by atoms with Gasteiger partial charge in [0.15, 0.2) is 17.9 Å². The lowest BCUT2D eigenvalue weighted by Crippen LogP contribution is -2.51. The van der Waals surface area contributed by atoms with E-state index < -0.39 is 30.0 Å². The van der Waals surface area contributed by atoms with E-state index in [1.165, 1.54) is 23.3 Å². The number of amides is 3. The van der Waals surface area contributed by atoms with Crippen LogP contribution in [-0.4, -0.2) is 60.1 Å². The highest BCUT2D eigenvalue weighted by Gasteiger charge is 2.48. The minimum atomic E-state index is -0.942. The number of carbonyl (C=O) groups excluding carboxylic acids is 3. The van der Waals surface area contributed by atoms with Gasteiger partial charge in [0.2, 0.25) is 5.91 Å². The minimum Gasteiger partial charge on any atom is -0.459 e. The Morgan fingerprint density at radius 1 is 1.03 bits per heavy atom. The van der Waals surface area contributed by atoms with Gasteiger partial charge < -0.3 is 24.1 Å². The summed E-state index contributed by atoms with van der Waals surface area (Å²) in [6, 6.07) is 14.8. The zero-order valence-electron chi connectivity index (χ0n) is 19.3. The molecule has 0 spiro atoms. The number of nitrogens with one attached hydrogen (secondary N) is 1. The summed E-state index contributed by atoms with van der Waals surface area (Å²) in [5, 5.41) is 2.73. The molecule has 3 heterocycles. The lowest BCUT2D eigenvalue weighted by Gasteiger charge is -2.32. The molecule has 0 saturated carbocycles. The van der Waals surface area contributed by atoms with Crippen molar-refractivity contribution < 1.29 is 32.7 Å². The van der Waals surface area contributed by atoms with Crippen LogP contribution in [0, 0.1) is 5.82 Å². The summed E-state index contributed by atoms with van der Waals surface area (Å²) in [4.78, 5) is 41.8. The molecular weight excluding hydrogens is 469 g/mol. The van der Waals surface area contributed by atoms with Crippen LogP contribution in [0.2, 0.25) is 0 Å². The molecule has 1 N–H and O–H groups in total.